The molecule has 0 unspecified atom stereocenters. The molecule has 0 spiro atoms. The maximum Gasteiger partial charge on any atom is 0.288 e. The summed E-state index contributed by atoms with van der Waals surface area (Å²) < 4.78 is 25.1. The molecule has 0 aliphatic heterocycles. The molecule has 2 nitrogen and oxygen atoms in total. The summed E-state index contributed by atoms with van der Waals surface area (Å²) in [4.78, 5) is 14.7. The molecule has 22 heavy (non-hydrogen) atoms. The topological polar surface area (TPSA) is 29.1 Å². The molecule has 1 N–H and O–H groups in total. The zero-order valence-corrected chi connectivity index (χ0v) is 13.4. The molecular weight excluding hydrogens is 324 g/mol. The molecule has 0 atom stereocenters. The molecule has 0 fully saturated rings. The fraction of sp³-hybridized carbons (Fsp3) is 0.312. The number of anilines is 1. The quantitative estimate of drug-likeness (QED) is 0.776. The van der Waals surface area contributed by atoms with Crippen LogP contribution in [-0.4, -0.2) is 11.7 Å². The van der Waals surface area contributed by atoms with Crippen LogP contribution < -0.4 is 5.32 Å². The minimum absolute atomic E-state index is 0.221. The van der Waals surface area contributed by atoms with Crippen molar-refractivity contribution in [3.8, 4) is 0 Å². The lowest BCUT2D eigenvalue weighted by Gasteiger charge is -2.09. The Morgan fingerprint density at radius 3 is 2.77 bits per heavy atom. The van der Waals surface area contributed by atoms with E-state index in [1.807, 2.05) is 6.07 Å². The second-order valence-electron chi connectivity index (χ2n) is 5.09. The van der Waals surface area contributed by atoms with E-state index in [0.717, 1.165) is 12.8 Å². The Kier molecular flexibility index (Phi) is 4.78. The Hall–Kier alpha value is -1.40. The Morgan fingerprint density at radius 1 is 1.23 bits per heavy atom. The van der Waals surface area contributed by atoms with E-state index in [9.17, 15) is 13.6 Å². The molecule has 116 valence electrons. The molecule has 3 rings (SSSR count). The maximum atomic E-state index is 12.6. The van der Waals surface area contributed by atoms with E-state index in [0.29, 0.717) is 27.2 Å². The fourth-order valence-corrected chi connectivity index (χ4v) is 4.30. The Morgan fingerprint density at radius 2 is 2.00 bits per heavy atom. The molecule has 0 saturated heterocycles. The minimum atomic E-state index is -2.51. The van der Waals surface area contributed by atoms with Crippen LogP contribution in [0.4, 0.5) is 14.5 Å². The van der Waals surface area contributed by atoms with Crippen LogP contribution >= 0.6 is 23.1 Å². The lowest BCUT2D eigenvalue weighted by atomic mass is 9.99. The van der Waals surface area contributed by atoms with E-state index in [1.165, 1.54) is 34.6 Å². The number of fused-ring (bicyclic) bond motifs is 1. The Balaban J connectivity index is 1.78. The third-order valence-corrected chi connectivity index (χ3v) is 5.60. The first kappa shape index (κ1) is 15.5. The number of aryl methyl sites for hydroxylation is 2. The van der Waals surface area contributed by atoms with Crippen molar-refractivity contribution in [2.24, 2.45) is 0 Å². The van der Waals surface area contributed by atoms with Gasteiger partial charge in [0.05, 0.1) is 10.6 Å². The van der Waals surface area contributed by atoms with E-state index in [4.69, 9.17) is 0 Å². The van der Waals surface area contributed by atoms with Gasteiger partial charge in [0.25, 0.3) is 11.7 Å². The van der Waals surface area contributed by atoms with Crippen LogP contribution in [0.1, 0.15) is 33.0 Å². The van der Waals surface area contributed by atoms with Gasteiger partial charge in [0.1, 0.15) is 0 Å². The van der Waals surface area contributed by atoms with Crippen LogP contribution in [0.25, 0.3) is 0 Å². The van der Waals surface area contributed by atoms with Crippen LogP contribution in [-0.2, 0) is 12.8 Å². The van der Waals surface area contributed by atoms with Gasteiger partial charge in [0, 0.05) is 9.77 Å². The number of carbonyl (C=O) groups excluding carboxylic acids is 1. The molecule has 1 aliphatic rings. The summed E-state index contributed by atoms with van der Waals surface area (Å²) in [6.07, 6.45) is 4.39. The summed E-state index contributed by atoms with van der Waals surface area (Å²) >= 11 is 1.96. The van der Waals surface area contributed by atoms with Crippen LogP contribution in [0.15, 0.2) is 35.2 Å². The van der Waals surface area contributed by atoms with Gasteiger partial charge >= 0.3 is 0 Å². The monoisotopic (exact) mass is 339 g/mol. The number of para-hydroxylation sites is 1. The van der Waals surface area contributed by atoms with E-state index in [-0.39, 0.29) is 5.91 Å². The third kappa shape index (κ3) is 3.50. The zero-order valence-electron chi connectivity index (χ0n) is 11.8. The average molecular weight is 339 g/mol. The SMILES string of the molecule is O=C(Nc1ccccc1SC(F)F)c1cc2c(s1)CCCC2. The van der Waals surface area contributed by atoms with Gasteiger partial charge in [0.15, 0.2) is 0 Å². The standard InChI is InChI=1S/C16H15F2NOS2/c17-16(18)22-13-8-4-2-6-11(13)19-15(20)14-9-10-5-1-3-7-12(10)21-14/h2,4,6,8-9,16H,1,3,5,7H2,(H,19,20). The summed E-state index contributed by atoms with van der Waals surface area (Å²) in [5.74, 6) is -2.73. The van der Waals surface area contributed by atoms with E-state index >= 15 is 0 Å². The van der Waals surface area contributed by atoms with E-state index in [1.54, 1.807) is 24.3 Å². The molecule has 1 aliphatic carbocycles. The summed E-state index contributed by atoms with van der Waals surface area (Å²) in [6.45, 7) is 0. The highest BCUT2D eigenvalue weighted by Crippen LogP contribution is 2.33. The zero-order chi connectivity index (χ0) is 15.5. The number of amides is 1. The minimum Gasteiger partial charge on any atom is -0.320 e. The summed E-state index contributed by atoms with van der Waals surface area (Å²) in [7, 11) is 0. The van der Waals surface area contributed by atoms with Crippen molar-refractivity contribution in [1.82, 2.24) is 0 Å². The lowest BCUT2D eigenvalue weighted by molar-refractivity contribution is 0.103. The molecular formula is C16H15F2NOS2. The van der Waals surface area contributed by atoms with Crippen LogP contribution in [0.5, 0.6) is 0 Å². The van der Waals surface area contributed by atoms with E-state index in [2.05, 4.69) is 5.32 Å². The Bertz CT molecular complexity index is 661. The van der Waals surface area contributed by atoms with Crippen molar-refractivity contribution in [1.29, 1.82) is 0 Å². The van der Waals surface area contributed by atoms with Gasteiger partial charge < -0.3 is 5.32 Å². The number of benzene rings is 1. The lowest BCUT2D eigenvalue weighted by Crippen LogP contribution is -2.11. The first-order valence-electron chi connectivity index (χ1n) is 7.10. The number of hydrogen-bond acceptors (Lipinski definition) is 3. The van der Waals surface area contributed by atoms with Crippen molar-refractivity contribution < 1.29 is 13.6 Å². The van der Waals surface area contributed by atoms with E-state index < -0.39 is 5.76 Å². The van der Waals surface area contributed by atoms with Gasteiger partial charge in [-0.2, -0.15) is 8.78 Å². The first-order chi connectivity index (χ1) is 10.6. The van der Waals surface area contributed by atoms with Gasteiger partial charge in [-0.1, -0.05) is 23.9 Å². The maximum absolute atomic E-state index is 12.6. The highest BCUT2D eigenvalue weighted by Gasteiger charge is 2.18. The van der Waals surface area contributed by atoms with Gasteiger partial charge in [0.2, 0.25) is 0 Å². The summed E-state index contributed by atoms with van der Waals surface area (Å²) in [5.41, 5.74) is 1.70. The normalized spacial score (nSPS) is 14.0. The van der Waals surface area contributed by atoms with Gasteiger partial charge in [-0.25, -0.2) is 0 Å². The third-order valence-electron chi connectivity index (χ3n) is 3.57. The number of nitrogens with one attached hydrogen (secondary N) is 1. The number of halogens is 2. The van der Waals surface area contributed by atoms with Crippen molar-refractivity contribution in [3.63, 3.8) is 0 Å². The number of thiophene rings is 1. The number of hydrogen-bond donors (Lipinski definition) is 1. The largest absolute Gasteiger partial charge is 0.320 e. The highest BCUT2D eigenvalue weighted by molar-refractivity contribution is 7.99. The first-order valence-corrected chi connectivity index (χ1v) is 8.80. The molecule has 6 heteroatoms. The summed E-state index contributed by atoms with van der Waals surface area (Å²) in [5, 5.41) is 2.76. The fourth-order valence-electron chi connectivity index (χ4n) is 2.56. The molecule has 1 aromatic heterocycles. The molecule has 0 bridgehead atoms. The predicted molar refractivity (Wildman–Crippen MR) is 87.2 cm³/mol. The van der Waals surface area contributed by atoms with Crippen molar-refractivity contribution >= 4 is 34.7 Å². The highest BCUT2D eigenvalue weighted by atomic mass is 32.2. The molecule has 0 radical (unpaired) electrons. The number of carbonyl (C=O) groups is 1. The van der Waals surface area contributed by atoms with Gasteiger partial charge in [-0.15, -0.1) is 11.3 Å². The van der Waals surface area contributed by atoms with Crippen molar-refractivity contribution in [2.75, 3.05) is 5.32 Å². The van der Waals surface area contributed by atoms with Crippen molar-refractivity contribution in [2.45, 2.75) is 36.3 Å². The number of alkyl halides is 2. The van der Waals surface area contributed by atoms with Gasteiger partial charge in [-0.05, 0) is 49.4 Å². The van der Waals surface area contributed by atoms with Crippen LogP contribution in [0, 0.1) is 0 Å². The van der Waals surface area contributed by atoms with Crippen LogP contribution in [0.3, 0.4) is 0 Å². The number of rotatable bonds is 4. The second kappa shape index (κ2) is 6.79. The smallest absolute Gasteiger partial charge is 0.288 e. The predicted octanol–water partition coefficient (Wildman–Crippen LogP) is 5.19. The van der Waals surface area contributed by atoms with Gasteiger partial charge in [-0.3, -0.25) is 4.79 Å². The Labute approximate surface area is 135 Å². The molecule has 0 saturated carbocycles. The van der Waals surface area contributed by atoms with Crippen molar-refractivity contribution in [3.05, 3.63) is 45.6 Å². The molecule has 1 amide bonds. The second-order valence-corrected chi connectivity index (χ2v) is 7.26. The summed E-state index contributed by atoms with van der Waals surface area (Å²) in [6, 6.07) is 8.59. The number of thioether (sulfide) groups is 1. The molecule has 2 aromatic rings. The van der Waals surface area contributed by atoms with Crippen LogP contribution in [0.2, 0.25) is 0 Å². The molecule has 1 aromatic carbocycles. The average Bonchev–Trinajstić information content (AvgIpc) is 2.93. The molecule has 1 heterocycles.